The molecule has 9 heteroatoms. The van der Waals surface area contributed by atoms with Gasteiger partial charge in [-0.15, -0.1) is 0 Å². The molecule has 0 spiro atoms. The van der Waals surface area contributed by atoms with E-state index in [0.29, 0.717) is 0 Å². The van der Waals surface area contributed by atoms with Crippen molar-refractivity contribution >= 4 is 21.7 Å². The molecule has 1 aliphatic heterocycles. The number of sulfonamides is 1. The highest BCUT2D eigenvalue weighted by Gasteiger charge is 2.46. The van der Waals surface area contributed by atoms with Crippen LogP contribution in [0.2, 0.25) is 0 Å². The maximum Gasteiger partial charge on any atom is 0.310 e. The summed E-state index contributed by atoms with van der Waals surface area (Å²) < 4.78 is 26.8. The maximum absolute atomic E-state index is 12.9. The predicted octanol–water partition coefficient (Wildman–Crippen LogP) is 1.70. The summed E-state index contributed by atoms with van der Waals surface area (Å²) in [5, 5.41) is 20.6. The highest BCUT2D eigenvalue weighted by atomic mass is 32.2. The van der Waals surface area contributed by atoms with Crippen LogP contribution in [-0.4, -0.2) is 41.8 Å². The van der Waals surface area contributed by atoms with E-state index in [1.165, 1.54) is 32.9 Å². The third kappa shape index (κ3) is 2.81. The van der Waals surface area contributed by atoms with E-state index in [-0.39, 0.29) is 35.5 Å². The number of aryl methyl sites for hydroxylation is 2. The molecule has 0 amide bonds. The highest BCUT2D eigenvalue weighted by molar-refractivity contribution is 7.89. The van der Waals surface area contributed by atoms with Crippen LogP contribution in [0.4, 0.5) is 5.69 Å². The van der Waals surface area contributed by atoms with Gasteiger partial charge in [0.15, 0.2) is 4.90 Å². The second-order valence-corrected chi connectivity index (χ2v) is 7.96. The number of carboxylic acids is 1. The number of nitro benzene ring substituents is 1. The van der Waals surface area contributed by atoms with Gasteiger partial charge in [-0.3, -0.25) is 14.9 Å². The average molecular weight is 342 g/mol. The van der Waals surface area contributed by atoms with Crippen LogP contribution in [0.15, 0.2) is 17.0 Å². The quantitative estimate of drug-likeness (QED) is 0.657. The molecule has 0 aromatic heterocycles. The Balaban J connectivity index is 2.57. The number of hydrogen-bond donors (Lipinski definition) is 1. The Bertz CT molecular complexity index is 789. The zero-order chi connectivity index (χ0) is 17.6. The minimum Gasteiger partial charge on any atom is -0.481 e. The Morgan fingerprint density at radius 1 is 1.35 bits per heavy atom. The molecule has 8 nitrogen and oxygen atoms in total. The van der Waals surface area contributed by atoms with E-state index in [0.717, 1.165) is 4.31 Å². The van der Waals surface area contributed by atoms with Gasteiger partial charge in [0.2, 0.25) is 10.0 Å². The molecule has 0 saturated carbocycles. The topological polar surface area (TPSA) is 118 Å². The van der Waals surface area contributed by atoms with Crippen molar-refractivity contribution < 1.29 is 23.2 Å². The third-order valence-electron chi connectivity index (χ3n) is 4.27. The van der Waals surface area contributed by atoms with Crippen LogP contribution in [0.3, 0.4) is 0 Å². The molecule has 1 aliphatic rings. The Labute approximate surface area is 133 Å². The summed E-state index contributed by atoms with van der Waals surface area (Å²) in [6.45, 7) is 4.26. The van der Waals surface area contributed by atoms with Gasteiger partial charge in [0.1, 0.15) is 0 Å². The van der Waals surface area contributed by atoms with Crippen LogP contribution >= 0.6 is 0 Å². The molecule has 1 heterocycles. The largest absolute Gasteiger partial charge is 0.481 e. The molecule has 0 radical (unpaired) electrons. The highest BCUT2D eigenvalue weighted by Crippen LogP contribution is 2.38. The van der Waals surface area contributed by atoms with E-state index in [2.05, 4.69) is 0 Å². The molecule has 1 aromatic rings. The molecule has 0 aliphatic carbocycles. The summed E-state index contributed by atoms with van der Waals surface area (Å²) in [4.78, 5) is 21.6. The van der Waals surface area contributed by atoms with E-state index in [1.807, 2.05) is 0 Å². The molecule has 1 unspecified atom stereocenters. The Morgan fingerprint density at radius 3 is 2.39 bits per heavy atom. The van der Waals surface area contributed by atoms with Crippen molar-refractivity contribution in [2.24, 2.45) is 5.41 Å². The molecule has 1 atom stereocenters. The number of carbonyl (C=O) groups is 1. The van der Waals surface area contributed by atoms with E-state index >= 15 is 0 Å². The first kappa shape index (κ1) is 17.4. The lowest BCUT2D eigenvalue weighted by Gasteiger charge is -2.21. The van der Waals surface area contributed by atoms with E-state index in [9.17, 15) is 28.4 Å². The van der Waals surface area contributed by atoms with Gasteiger partial charge in [-0.1, -0.05) is 12.1 Å². The number of aliphatic carboxylic acids is 1. The predicted molar refractivity (Wildman–Crippen MR) is 81.7 cm³/mol. The van der Waals surface area contributed by atoms with Gasteiger partial charge in [-0.2, -0.15) is 4.31 Å². The molecular formula is C14H18N2O6S. The molecule has 0 bridgehead atoms. The van der Waals surface area contributed by atoms with Crippen LogP contribution in [0.1, 0.15) is 24.5 Å². The van der Waals surface area contributed by atoms with Crippen molar-refractivity contribution in [1.29, 1.82) is 0 Å². The normalized spacial score (nSPS) is 22.2. The van der Waals surface area contributed by atoms with Gasteiger partial charge in [0, 0.05) is 18.7 Å². The van der Waals surface area contributed by atoms with Crippen molar-refractivity contribution in [3.05, 3.63) is 33.4 Å². The van der Waals surface area contributed by atoms with Crippen LogP contribution in [0.5, 0.6) is 0 Å². The lowest BCUT2D eigenvalue weighted by atomic mass is 9.90. The van der Waals surface area contributed by atoms with Crippen LogP contribution in [-0.2, 0) is 14.8 Å². The molecule has 1 fully saturated rings. The molecule has 2 rings (SSSR count). The fourth-order valence-electron chi connectivity index (χ4n) is 2.75. The van der Waals surface area contributed by atoms with Crippen molar-refractivity contribution in [2.45, 2.75) is 32.1 Å². The first-order valence-corrected chi connectivity index (χ1v) is 8.43. The molecule has 1 saturated heterocycles. The Morgan fingerprint density at radius 2 is 1.91 bits per heavy atom. The van der Waals surface area contributed by atoms with E-state index in [1.54, 1.807) is 0 Å². The van der Waals surface area contributed by atoms with Gasteiger partial charge < -0.3 is 5.11 Å². The Kier molecular flexibility index (Phi) is 4.20. The smallest absolute Gasteiger partial charge is 0.310 e. The SMILES string of the molecule is Cc1ccc(C)c(S(=O)(=O)N2CCC(C)(C(=O)O)C2)c1[N+](=O)[O-]. The molecule has 23 heavy (non-hydrogen) atoms. The molecular weight excluding hydrogens is 324 g/mol. The summed E-state index contributed by atoms with van der Waals surface area (Å²) in [7, 11) is -4.14. The van der Waals surface area contributed by atoms with Crippen LogP contribution in [0, 0.1) is 29.4 Å². The summed E-state index contributed by atoms with van der Waals surface area (Å²) in [5.74, 6) is -1.08. The number of nitrogens with zero attached hydrogens (tertiary/aromatic N) is 2. The second-order valence-electron chi connectivity index (χ2n) is 6.09. The van der Waals surface area contributed by atoms with Crippen LogP contribution < -0.4 is 0 Å². The van der Waals surface area contributed by atoms with Crippen molar-refractivity contribution in [3.63, 3.8) is 0 Å². The van der Waals surface area contributed by atoms with Crippen molar-refractivity contribution in [2.75, 3.05) is 13.1 Å². The summed E-state index contributed by atoms with van der Waals surface area (Å²) >= 11 is 0. The van der Waals surface area contributed by atoms with Crippen molar-refractivity contribution in [1.82, 2.24) is 4.31 Å². The number of nitro groups is 1. The average Bonchev–Trinajstić information content (AvgIpc) is 2.85. The van der Waals surface area contributed by atoms with Gasteiger partial charge in [-0.05, 0) is 32.8 Å². The van der Waals surface area contributed by atoms with Gasteiger partial charge in [0.05, 0.1) is 10.3 Å². The molecule has 126 valence electrons. The second kappa shape index (κ2) is 5.57. The fraction of sp³-hybridized carbons (Fsp3) is 0.500. The lowest BCUT2D eigenvalue weighted by molar-refractivity contribution is -0.388. The molecule has 1 N–H and O–H groups in total. The van der Waals surface area contributed by atoms with Gasteiger partial charge >= 0.3 is 5.97 Å². The summed E-state index contributed by atoms with van der Waals surface area (Å²) in [5.41, 5.74) is -1.11. The van der Waals surface area contributed by atoms with Gasteiger partial charge in [0.25, 0.3) is 5.69 Å². The zero-order valence-electron chi connectivity index (χ0n) is 13.1. The zero-order valence-corrected chi connectivity index (χ0v) is 13.9. The number of rotatable bonds is 4. The van der Waals surface area contributed by atoms with Gasteiger partial charge in [-0.25, -0.2) is 8.42 Å². The number of benzene rings is 1. The first-order chi connectivity index (χ1) is 10.5. The van der Waals surface area contributed by atoms with Crippen molar-refractivity contribution in [3.8, 4) is 0 Å². The summed E-state index contributed by atoms with van der Waals surface area (Å²) in [6.07, 6.45) is 0.167. The Hall–Kier alpha value is -2.00. The molecule has 1 aromatic carbocycles. The lowest BCUT2D eigenvalue weighted by Crippen LogP contribution is -2.35. The minimum atomic E-state index is -4.14. The fourth-order valence-corrected chi connectivity index (χ4v) is 4.75. The third-order valence-corrected chi connectivity index (χ3v) is 6.29. The summed E-state index contributed by atoms with van der Waals surface area (Å²) in [6, 6.07) is 3.01. The van der Waals surface area contributed by atoms with E-state index < -0.39 is 32.0 Å². The monoisotopic (exact) mass is 342 g/mol. The van der Waals surface area contributed by atoms with E-state index in [4.69, 9.17) is 0 Å². The minimum absolute atomic E-state index is 0.0235. The first-order valence-electron chi connectivity index (χ1n) is 6.99. The maximum atomic E-state index is 12.9. The standard InChI is InChI=1S/C14H18N2O6S/c1-9-4-5-10(2)12(11(9)16(19)20)23(21,22)15-7-6-14(3,8-15)13(17)18/h4-5H,6-8H2,1-3H3,(H,17,18). The van der Waals surface area contributed by atoms with Crippen LogP contribution in [0.25, 0.3) is 0 Å². The number of hydrogen-bond acceptors (Lipinski definition) is 5. The number of carboxylic acid groups (broad SMARTS) is 1.